The molecule has 0 saturated heterocycles. The van der Waals surface area contributed by atoms with Crippen molar-refractivity contribution in [3.63, 3.8) is 0 Å². The fourth-order valence-electron chi connectivity index (χ4n) is 3.72. The number of carbonyl (C=O) groups is 1. The predicted molar refractivity (Wildman–Crippen MR) is 123 cm³/mol. The van der Waals surface area contributed by atoms with E-state index in [9.17, 15) is 14.7 Å². The number of hydrogen-bond donors (Lipinski definition) is 2. The zero-order valence-corrected chi connectivity index (χ0v) is 17.9. The van der Waals surface area contributed by atoms with E-state index < -0.39 is 5.97 Å². The molecule has 0 unspecified atom stereocenters. The number of benzene rings is 2. The quantitative estimate of drug-likeness (QED) is 0.476. The van der Waals surface area contributed by atoms with Gasteiger partial charge in [0.05, 0.1) is 30.1 Å². The smallest absolute Gasteiger partial charge is 0.335 e. The molecule has 2 N–H and O–H groups in total. The summed E-state index contributed by atoms with van der Waals surface area (Å²) in [7, 11) is 3.17. The third-order valence-electron chi connectivity index (χ3n) is 5.34. The van der Waals surface area contributed by atoms with Crippen LogP contribution in [0.15, 0.2) is 59.5 Å². The molecular weight excluding hydrogens is 408 g/mol. The maximum absolute atomic E-state index is 13.0. The van der Waals surface area contributed by atoms with Crippen LogP contribution in [-0.4, -0.2) is 32.7 Å². The Morgan fingerprint density at radius 2 is 1.94 bits per heavy atom. The van der Waals surface area contributed by atoms with E-state index in [-0.39, 0.29) is 11.1 Å². The van der Waals surface area contributed by atoms with Gasteiger partial charge in [-0.15, -0.1) is 0 Å². The van der Waals surface area contributed by atoms with Gasteiger partial charge in [-0.05, 0) is 30.2 Å². The fraction of sp³-hybridized carbons (Fsp3) is 0.167. The van der Waals surface area contributed by atoms with Crippen molar-refractivity contribution in [1.82, 2.24) is 14.5 Å². The predicted octanol–water partition coefficient (Wildman–Crippen LogP) is 4.01. The number of rotatable bonds is 6. The van der Waals surface area contributed by atoms with Crippen LogP contribution in [-0.2, 0) is 13.5 Å². The lowest BCUT2D eigenvalue weighted by molar-refractivity contribution is 0.0696. The first kappa shape index (κ1) is 21.0. The maximum atomic E-state index is 13.0. The molecule has 4 aromatic rings. The lowest BCUT2D eigenvalue weighted by atomic mass is 9.98. The second-order valence-corrected chi connectivity index (χ2v) is 7.21. The first-order chi connectivity index (χ1) is 15.4. The monoisotopic (exact) mass is 430 g/mol. The summed E-state index contributed by atoms with van der Waals surface area (Å²) < 4.78 is 6.90. The number of hydrogen-bond acceptors (Lipinski definition) is 6. The summed E-state index contributed by atoms with van der Waals surface area (Å²) in [5.74, 6) is -0.388. The largest absolute Gasteiger partial charge is 0.495 e. The normalized spacial score (nSPS) is 10.8. The zero-order valence-electron chi connectivity index (χ0n) is 17.9. The molecule has 0 radical (unpaired) electrons. The van der Waals surface area contributed by atoms with Crippen LogP contribution in [0.25, 0.3) is 22.2 Å². The van der Waals surface area contributed by atoms with Crippen LogP contribution >= 0.6 is 0 Å². The van der Waals surface area contributed by atoms with Gasteiger partial charge in [-0.3, -0.25) is 4.79 Å². The van der Waals surface area contributed by atoms with Crippen LogP contribution in [0.2, 0.25) is 0 Å². The Morgan fingerprint density at radius 1 is 1.19 bits per heavy atom. The average Bonchev–Trinajstić information content (AvgIpc) is 2.81. The summed E-state index contributed by atoms with van der Waals surface area (Å²) in [5.41, 5.74) is 4.19. The van der Waals surface area contributed by atoms with Crippen molar-refractivity contribution in [1.29, 1.82) is 0 Å². The summed E-state index contributed by atoms with van der Waals surface area (Å²) in [6.07, 6.45) is 2.17. The highest BCUT2D eigenvalue weighted by atomic mass is 16.5. The van der Waals surface area contributed by atoms with Gasteiger partial charge in [0.1, 0.15) is 11.3 Å². The topological polar surface area (TPSA) is 106 Å². The molecule has 32 heavy (non-hydrogen) atoms. The molecular formula is C24H22N4O4. The molecule has 0 amide bonds. The van der Waals surface area contributed by atoms with Crippen LogP contribution in [0.3, 0.4) is 0 Å². The summed E-state index contributed by atoms with van der Waals surface area (Å²) in [4.78, 5) is 33.3. The summed E-state index contributed by atoms with van der Waals surface area (Å²) in [6.45, 7) is 1.95. The number of carboxylic acid groups (broad SMARTS) is 1. The molecule has 0 fully saturated rings. The second kappa shape index (κ2) is 8.50. The molecule has 0 spiro atoms. The number of nitrogens with zero attached hydrogens (tertiary/aromatic N) is 3. The summed E-state index contributed by atoms with van der Waals surface area (Å²) in [6, 6.07) is 14.2. The molecule has 0 saturated carbocycles. The van der Waals surface area contributed by atoms with Gasteiger partial charge in [0.25, 0.3) is 5.56 Å². The molecule has 2 heterocycles. The molecule has 0 aliphatic carbocycles. The van der Waals surface area contributed by atoms with E-state index in [1.54, 1.807) is 23.9 Å². The van der Waals surface area contributed by atoms with E-state index in [1.807, 2.05) is 37.3 Å². The van der Waals surface area contributed by atoms with Crippen LogP contribution in [0.4, 0.5) is 11.6 Å². The molecule has 8 nitrogen and oxygen atoms in total. The van der Waals surface area contributed by atoms with E-state index >= 15 is 0 Å². The van der Waals surface area contributed by atoms with Crippen LogP contribution in [0.1, 0.15) is 22.8 Å². The van der Waals surface area contributed by atoms with Gasteiger partial charge in [0.15, 0.2) is 0 Å². The number of ether oxygens (including phenoxy) is 1. The Hall–Kier alpha value is -4.20. The molecule has 2 aromatic heterocycles. The van der Waals surface area contributed by atoms with E-state index in [4.69, 9.17) is 9.72 Å². The van der Waals surface area contributed by atoms with Crippen molar-refractivity contribution >= 4 is 28.6 Å². The minimum Gasteiger partial charge on any atom is -0.495 e. The molecule has 0 bridgehead atoms. The fourth-order valence-corrected chi connectivity index (χ4v) is 3.72. The Kier molecular flexibility index (Phi) is 5.59. The Bertz CT molecular complexity index is 1380. The molecule has 4 rings (SSSR count). The van der Waals surface area contributed by atoms with E-state index in [2.05, 4.69) is 10.3 Å². The van der Waals surface area contributed by atoms with Crippen molar-refractivity contribution in [2.75, 3.05) is 12.4 Å². The molecule has 8 heteroatoms. The average molecular weight is 430 g/mol. The van der Waals surface area contributed by atoms with Crippen molar-refractivity contribution < 1.29 is 14.6 Å². The zero-order chi connectivity index (χ0) is 22.8. The number of aromatic nitrogens is 3. The third-order valence-corrected chi connectivity index (χ3v) is 5.34. The van der Waals surface area contributed by atoms with Gasteiger partial charge < -0.3 is 19.7 Å². The standard InChI is InChI=1S/C24H22N4O4/c1-4-16-20(14-8-6-5-7-9-14)21-18(28(2)22(16)29)13-25-24(27-21)26-17-11-10-15(23(30)31)12-19(17)32-3/h5-13H,4H2,1-3H3,(H,30,31)(H,25,26,27). The number of aromatic carboxylic acids is 1. The van der Waals surface area contributed by atoms with Gasteiger partial charge >= 0.3 is 5.97 Å². The number of aryl methyl sites for hydroxylation is 1. The van der Waals surface area contributed by atoms with E-state index in [1.165, 1.54) is 19.2 Å². The highest BCUT2D eigenvalue weighted by Crippen LogP contribution is 2.32. The van der Waals surface area contributed by atoms with Crippen molar-refractivity contribution in [2.45, 2.75) is 13.3 Å². The molecule has 0 aliphatic heterocycles. The van der Waals surface area contributed by atoms with Crippen molar-refractivity contribution in [3.8, 4) is 16.9 Å². The highest BCUT2D eigenvalue weighted by molar-refractivity contribution is 5.94. The first-order valence-electron chi connectivity index (χ1n) is 10.1. The van der Waals surface area contributed by atoms with Crippen LogP contribution in [0.5, 0.6) is 5.75 Å². The lowest BCUT2D eigenvalue weighted by Gasteiger charge is -2.16. The third kappa shape index (κ3) is 3.66. The number of methoxy groups -OCH3 is 1. The Morgan fingerprint density at radius 3 is 2.59 bits per heavy atom. The lowest BCUT2D eigenvalue weighted by Crippen LogP contribution is -2.23. The Balaban J connectivity index is 1.90. The maximum Gasteiger partial charge on any atom is 0.335 e. The molecule has 0 aliphatic rings. The van der Waals surface area contributed by atoms with E-state index in [0.29, 0.717) is 40.4 Å². The number of pyridine rings is 1. The number of nitrogens with one attached hydrogen (secondary N) is 1. The second-order valence-electron chi connectivity index (χ2n) is 7.21. The van der Waals surface area contributed by atoms with Crippen LogP contribution < -0.4 is 15.6 Å². The van der Waals surface area contributed by atoms with Crippen molar-refractivity contribution in [3.05, 3.63) is 76.2 Å². The van der Waals surface area contributed by atoms with Gasteiger partial charge in [-0.2, -0.15) is 0 Å². The van der Waals surface area contributed by atoms with Gasteiger partial charge in [-0.1, -0.05) is 37.3 Å². The Labute approximate surface area is 184 Å². The molecule has 0 atom stereocenters. The van der Waals surface area contributed by atoms with Crippen molar-refractivity contribution in [2.24, 2.45) is 7.05 Å². The minimum atomic E-state index is -1.04. The number of carboxylic acids is 1. The molecule has 2 aromatic carbocycles. The van der Waals surface area contributed by atoms with Crippen LogP contribution in [0, 0.1) is 0 Å². The molecule has 162 valence electrons. The number of anilines is 2. The van der Waals surface area contributed by atoms with Gasteiger partial charge in [0, 0.05) is 18.2 Å². The highest BCUT2D eigenvalue weighted by Gasteiger charge is 2.18. The number of fused-ring (bicyclic) bond motifs is 1. The minimum absolute atomic E-state index is 0.0749. The van der Waals surface area contributed by atoms with Gasteiger partial charge in [0.2, 0.25) is 5.95 Å². The summed E-state index contributed by atoms with van der Waals surface area (Å²) >= 11 is 0. The van der Waals surface area contributed by atoms with E-state index in [0.717, 1.165) is 11.1 Å². The van der Waals surface area contributed by atoms with Gasteiger partial charge in [-0.25, -0.2) is 14.8 Å². The summed E-state index contributed by atoms with van der Waals surface area (Å²) in [5, 5.41) is 12.3. The first-order valence-corrected chi connectivity index (χ1v) is 10.1. The SMILES string of the molecule is CCc1c(-c2ccccc2)c2nc(Nc3ccc(C(=O)O)cc3OC)ncc2n(C)c1=O.